The molecule has 0 saturated carbocycles. The van der Waals surface area contributed by atoms with Crippen LogP contribution in [0.5, 0.6) is 0 Å². The van der Waals surface area contributed by atoms with Gasteiger partial charge in [0.25, 0.3) is 0 Å². The van der Waals surface area contributed by atoms with Gasteiger partial charge in [-0.15, -0.1) is 11.3 Å². The lowest BCUT2D eigenvalue weighted by Gasteiger charge is -2.15. The van der Waals surface area contributed by atoms with Gasteiger partial charge in [-0.2, -0.15) is 0 Å². The van der Waals surface area contributed by atoms with Crippen LogP contribution in [0, 0.1) is 0 Å². The molecule has 0 bridgehead atoms. The van der Waals surface area contributed by atoms with E-state index in [1.165, 1.54) is 10.6 Å². The van der Waals surface area contributed by atoms with Crippen LogP contribution < -0.4 is 5.32 Å². The molecule has 0 aliphatic rings. The number of aryl methyl sites for hydroxylation is 1. The number of benzene rings is 1. The van der Waals surface area contributed by atoms with E-state index in [0.29, 0.717) is 6.04 Å². The maximum Gasteiger partial charge on any atom is 0.109 e. The monoisotopic (exact) mass is 246 g/mol. The minimum Gasteiger partial charge on any atom is -0.308 e. The van der Waals surface area contributed by atoms with E-state index in [0.717, 1.165) is 19.4 Å². The summed E-state index contributed by atoms with van der Waals surface area (Å²) in [6.45, 7) is 3.13. The van der Waals surface area contributed by atoms with E-state index in [-0.39, 0.29) is 0 Å². The zero-order valence-corrected chi connectivity index (χ0v) is 10.9. The average molecular weight is 246 g/mol. The highest BCUT2D eigenvalue weighted by atomic mass is 32.1. The van der Waals surface area contributed by atoms with Crippen molar-refractivity contribution in [2.45, 2.75) is 25.8 Å². The van der Waals surface area contributed by atoms with Gasteiger partial charge in [-0.05, 0) is 24.9 Å². The van der Waals surface area contributed by atoms with E-state index in [2.05, 4.69) is 47.6 Å². The van der Waals surface area contributed by atoms with Crippen LogP contribution in [0.15, 0.2) is 41.9 Å². The van der Waals surface area contributed by atoms with Crippen LogP contribution in [0.25, 0.3) is 0 Å². The summed E-state index contributed by atoms with van der Waals surface area (Å²) in [5.41, 5.74) is 1.40. The molecule has 0 spiro atoms. The topological polar surface area (TPSA) is 24.9 Å². The molecule has 1 aromatic heterocycles. The molecule has 17 heavy (non-hydrogen) atoms. The Bertz CT molecular complexity index is 411. The Labute approximate surface area is 107 Å². The Morgan fingerprint density at radius 2 is 2.12 bits per heavy atom. The molecule has 0 saturated heterocycles. The highest BCUT2D eigenvalue weighted by molar-refractivity contribution is 7.09. The molecule has 2 nitrogen and oxygen atoms in total. The molecule has 0 radical (unpaired) electrons. The van der Waals surface area contributed by atoms with Crippen molar-refractivity contribution < 1.29 is 0 Å². The van der Waals surface area contributed by atoms with Crippen LogP contribution in [0.1, 0.15) is 30.0 Å². The second-order valence-corrected chi connectivity index (χ2v) is 4.93. The predicted molar refractivity (Wildman–Crippen MR) is 73.3 cm³/mol. The second kappa shape index (κ2) is 6.52. The third-order valence-electron chi connectivity index (χ3n) is 2.76. The molecule has 1 heterocycles. The Hall–Kier alpha value is -1.19. The lowest BCUT2D eigenvalue weighted by molar-refractivity contribution is 0.513. The second-order valence-electron chi connectivity index (χ2n) is 4.00. The van der Waals surface area contributed by atoms with Gasteiger partial charge in [0, 0.05) is 11.6 Å². The number of hydrogen-bond acceptors (Lipinski definition) is 3. The molecule has 0 amide bonds. The minimum atomic E-state index is 0.389. The Morgan fingerprint density at radius 1 is 1.29 bits per heavy atom. The van der Waals surface area contributed by atoms with Crippen LogP contribution in [-0.2, 0) is 6.42 Å². The molecule has 0 aliphatic heterocycles. The summed E-state index contributed by atoms with van der Waals surface area (Å²) in [7, 11) is 0. The maximum atomic E-state index is 4.40. The minimum absolute atomic E-state index is 0.389. The van der Waals surface area contributed by atoms with Gasteiger partial charge in [-0.1, -0.05) is 37.3 Å². The van der Waals surface area contributed by atoms with Crippen LogP contribution in [-0.4, -0.2) is 11.5 Å². The molecule has 2 aromatic rings. The van der Waals surface area contributed by atoms with E-state index >= 15 is 0 Å². The van der Waals surface area contributed by atoms with Crippen molar-refractivity contribution in [3.8, 4) is 0 Å². The molecule has 3 heteroatoms. The van der Waals surface area contributed by atoms with Crippen molar-refractivity contribution in [3.63, 3.8) is 0 Å². The number of nitrogens with zero attached hydrogens (tertiary/aromatic N) is 1. The van der Waals surface area contributed by atoms with Gasteiger partial charge in [0.1, 0.15) is 5.01 Å². The SMILES string of the molecule is CCNC(CCc1ccccc1)c1nccs1. The fraction of sp³-hybridized carbons (Fsp3) is 0.357. The van der Waals surface area contributed by atoms with Crippen LogP contribution in [0.3, 0.4) is 0 Å². The van der Waals surface area contributed by atoms with Crippen molar-refractivity contribution in [2.75, 3.05) is 6.54 Å². The summed E-state index contributed by atoms with van der Waals surface area (Å²) in [6, 6.07) is 11.0. The highest BCUT2D eigenvalue weighted by Crippen LogP contribution is 2.21. The van der Waals surface area contributed by atoms with E-state index in [9.17, 15) is 0 Å². The third-order valence-corrected chi connectivity index (χ3v) is 3.65. The van der Waals surface area contributed by atoms with Crippen LogP contribution in [0.2, 0.25) is 0 Å². The first-order chi connectivity index (χ1) is 8.40. The smallest absolute Gasteiger partial charge is 0.109 e. The summed E-state index contributed by atoms with van der Waals surface area (Å²) in [5, 5.41) is 6.74. The van der Waals surface area contributed by atoms with Crippen molar-refractivity contribution in [1.82, 2.24) is 10.3 Å². The van der Waals surface area contributed by atoms with Crippen molar-refractivity contribution in [2.24, 2.45) is 0 Å². The maximum absolute atomic E-state index is 4.40. The Kier molecular flexibility index (Phi) is 4.71. The van der Waals surface area contributed by atoms with E-state index < -0.39 is 0 Å². The quantitative estimate of drug-likeness (QED) is 0.844. The van der Waals surface area contributed by atoms with E-state index in [1.807, 2.05) is 11.6 Å². The number of hydrogen-bond donors (Lipinski definition) is 1. The number of nitrogens with one attached hydrogen (secondary N) is 1. The molecular formula is C14H18N2S. The molecule has 1 aromatic carbocycles. The summed E-state index contributed by atoms with van der Waals surface area (Å²) in [6.07, 6.45) is 4.08. The molecule has 90 valence electrons. The standard InChI is InChI=1S/C14H18N2S/c1-2-15-13(14-16-10-11-17-14)9-8-12-6-4-3-5-7-12/h3-7,10-11,13,15H,2,8-9H2,1H3. The van der Waals surface area contributed by atoms with Crippen LogP contribution >= 0.6 is 11.3 Å². The van der Waals surface area contributed by atoms with Crippen molar-refractivity contribution in [3.05, 3.63) is 52.5 Å². The molecule has 0 fully saturated rings. The molecular weight excluding hydrogens is 228 g/mol. The zero-order chi connectivity index (χ0) is 11.9. The Balaban J connectivity index is 1.95. The molecule has 1 atom stereocenters. The van der Waals surface area contributed by atoms with E-state index in [1.54, 1.807) is 11.3 Å². The zero-order valence-electron chi connectivity index (χ0n) is 10.1. The summed E-state index contributed by atoms with van der Waals surface area (Å²) < 4.78 is 0. The normalized spacial score (nSPS) is 12.5. The fourth-order valence-electron chi connectivity index (χ4n) is 1.92. The fourth-order valence-corrected chi connectivity index (χ4v) is 2.67. The van der Waals surface area contributed by atoms with Gasteiger partial charge in [-0.3, -0.25) is 0 Å². The van der Waals surface area contributed by atoms with Crippen molar-refractivity contribution in [1.29, 1.82) is 0 Å². The largest absolute Gasteiger partial charge is 0.308 e. The molecule has 1 unspecified atom stereocenters. The Morgan fingerprint density at radius 3 is 2.76 bits per heavy atom. The first-order valence-electron chi connectivity index (χ1n) is 6.07. The van der Waals surface area contributed by atoms with Gasteiger partial charge < -0.3 is 5.32 Å². The van der Waals surface area contributed by atoms with Gasteiger partial charge in [-0.25, -0.2) is 4.98 Å². The number of aromatic nitrogens is 1. The van der Waals surface area contributed by atoms with E-state index in [4.69, 9.17) is 0 Å². The number of thiazole rings is 1. The van der Waals surface area contributed by atoms with Crippen molar-refractivity contribution >= 4 is 11.3 Å². The highest BCUT2D eigenvalue weighted by Gasteiger charge is 2.12. The first kappa shape index (κ1) is 12.3. The molecule has 0 aliphatic carbocycles. The summed E-state index contributed by atoms with van der Waals surface area (Å²) in [5.74, 6) is 0. The van der Waals surface area contributed by atoms with Crippen LogP contribution in [0.4, 0.5) is 0 Å². The first-order valence-corrected chi connectivity index (χ1v) is 6.95. The third kappa shape index (κ3) is 3.65. The summed E-state index contributed by atoms with van der Waals surface area (Å²) >= 11 is 1.73. The lowest BCUT2D eigenvalue weighted by Crippen LogP contribution is -2.21. The predicted octanol–water partition coefficient (Wildman–Crippen LogP) is 3.43. The molecule has 2 rings (SSSR count). The van der Waals surface area contributed by atoms with Gasteiger partial charge in [0.05, 0.1) is 6.04 Å². The van der Waals surface area contributed by atoms with Gasteiger partial charge in [0.2, 0.25) is 0 Å². The van der Waals surface area contributed by atoms with Gasteiger partial charge in [0.15, 0.2) is 0 Å². The molecule has 1 N–H and O–H groups in total. The van der Waals surface area contributed by atoms with Gasteiger partial charge >= 0.3 is 0 Å². The average Bonchev–Trinajstić information content (AvgIpc) is 2.89. The summed E-state index contributed by atoms with van der Waals surface area (Å²) in [4.78, 5) is 4.40. The number of rotatable bonds is 6. The lowest BCUT2D eigenvalue weighted by atomic mass is 10.1.